The first kappa shape index (κ1) is 17.4. The van der Waals surface area contributed by atoms with Crippen LogP contribution in [0.2, 0.25) is 0 Å². The van der Waals surface area contributed by atoms with E-state index in [0.29, 0.717) is 13.0 Å². The average molecular weight is 323 g/mol. The van der Waals surface area contributed by atoms with Gasteiger partial charge in [-0.05, 0) is 36.6 Å². The second-order valence-electron chi connectivity index (χ2n) is 5.37. The highest BCUT2D eigenvalue weighted by Crippen LogP contribution is 2.00. The van der Waals surface area contributed by atoms with Gasteiger partial charge < -0.3 is 10.6 Å². The number of hydrogen-bond acceptors (Lipinski definition) is 3. The van der Waals surface area contributed by atoms with Crippen LogP contribution >= 0.6 is 0 Å². The third-order valence-electron chi connectivity index (χ3n) is 3.36. The van der Waals surface area contributed by atoms with E-state index in [1.165, 1.54) is 6.08 Å². The van der Waals surface area contributed by atoms with Gasteiger partial charge in [-0.3, -0.25) is 14.6 Å². The molecule has 2 amide bonds. The van der Waals surface area contributed by atoms with Crippen LogP contribution in [0.3, 0.4) is 0 Å². The normalized spacial score (nSPS) is 10.5. The van der Waals surface area contributed by atoms with Crippen molar-refractivity contribution in [1.82, 2.24) is 15.6 Å². The van der Waals surface area contributed by atoms with Crippen molar-refractivity contribution >= 4 is 17.9 Å². The molecule has 1 aromatic heterocycles. The maximum Gasteiger partial charge on any atom is 0.244 e. The number of rotatable bonds is 7. The van der Waals surface area contributed by atoms with Gasteiger partial charge in [-0.1, -0.05) is 36.4 Å². The molecular weight excluding hydrogens is 302 g/mol. The van der Waals surface area contributed by atoms with Crippen LogP contribution in [-0.4, -0.2) is 29.9 Å². The van der Waals surface area contributed by atoms with Crippen LogP contribution in [0.4, 0.5) is 0 Å². The van der Waals surface area contributed by atoms with Crippen LogP contribution in [0.25, 0.3) is 6.08 Å². The van der Waals surface area contributed by atoms with Gasteiger partial charge in [-0.25, -0.2) is 0 Å². The molecule has 0 aliphatic rings. The van der Waals surface area contributed by atoms with Crippen molar-refractivity contribution < 1.29 is 9.59 Å². The second kappa shape index (κ2) is 9.25. The summed E-state index contributed by atoms with van der Waals surface area (Å²) >= 11 is 0. The zero-order valence-electron chi connectivity index (χ0n) is 13.7. The summed E-state index contributed by atoms with van der Waals surface area (Å²) in [7, 11) is 0. The van der Waals surface area contributed by atoms with Crippen LogP contribution in [-0.2, 0) is 16.0 Å². The molecule has 0 unspecified atom stereocenters. The molecule has 0 atom stereocenters. The number of hydrogen-bond donors (Lipinski definition) is 2. The van der Waals surface area contributed by atoms with E-state index in [1.807, 2.05) is 49.4 Å². The minimum atomic E-state index is -0.295. The van der Waals surface area contributed by atoms with Crippen LogP contribution in [0.1, 0.15) is 16.8 Å². The first-order chi connectivity index (χ1) is 11.6. The van der Waals surface area contributed by atoms with Crippen LogP contribution < -0.4 is 10.6 Å². The standard InChI is InChI=1S/C19H21N3O2/c1-15-7-8-17(13-21-15)11-12-20-19(24)14-22-18(23)10-9-16-5-3-2-4-6-16/h2-10,13H,11-12,14H2,1H3,(H,20,24)(H,22,23)/b10-9-. The van der Waals surface area contributed by atoms with Crippen LogP contribution in [0.5, 0.6) is 0 Å². The Hall–Kier alpha value is -2.95. The molecule has 0 saturated carbocycles. The lowest BCUT2D eigenvalue weighted by Gasteiger charge is -2.06. The summed E-state index contributed by atoms with van der Waals surface area (Å²) in [5, 5.41) is 5.33. The lowest BCUT2D eigenvalue weighted by atomic mass is 10.2. The first-order valence-corrected chi connectivity index (χ1v) is 7.82. The Balaban J connectivity index is 1.64. The Bertz CT molecular complexity index is 694. The van der Waals surface area contributed by atoms with Crippen molar-refractivity contribution in [3.8, 4) is 0 Å². The average Bonchev–Trinajstić information content (AvgIpc) is 2.61. The number of carbonyl (C=O) groups excluding carboxylic acids is 2. The van der Waals surface area contributed by atoms with E-state index in [9.17, 15) is 9.59 Å². The number of benzene rings is 1. The summed E-state index contributed by atoms with van der Waals surface area (Å²) in [4.78, 5) is 27.6. The largest absolute Gasteiger partial charge is 0.354 e. The summed E-state index contributed by atoms with van der Waals surface area (Å²) in [6, 6.07) is 13.4. The fourth-order valence-corrected chi connectivity index (χ4v) is 2.02. The van der Waals surface area contributed by atoms with Crippen molar-refractivity contribution in [1.29, 1.82) is 0 Å². The Morgan fingerprint density at radius 2 is 1.88 bits per heavy atom. The molecule has 0 radical (unpaired) electrons. The Kier molecular flexibility index (Phi) is 6.71. The second-order valence-corrected chi connectivity index (χ2v) is 5.37. The smallest absolute Gasteiger partial charge is 0.244 e. The molecule has 0 spiro atoms. The van der Waals surface area contributed by atoms with E-state index in [2.05, 4.69) is 15.6 Å². The Morgan fingerprint density at radius 3 is 2.58 bits per heavy atom. The topological polar surface area (TPSA) is 71.1 Å². The summed E-state index contributed by atoms with van der Waals surface area (Å²) in [5.74, 6) is -0.506. The summed E-state index contributed by atoms with van der Waals surface area (Å²) in [6.45, 7) is 2.41. The summed E-state index contributed by atoms with van der Waals surface area (Å²) in [5.41, 5.74) is 2.97. The van der Waals surface area contributed by atoms with Crippen molar-refractivity contribution in [2.75, 3.05) is 13.1 Å². The highest BCUT2D eigenvalue weighted by Gasteiger charge is 2.03. The number of nitrogens with one attached hydrogen (secondary N) is 2. The number of carbonyl (C=O) groups is 2. The van der Waals surface area contributed by atoms with E-state index in [0.717, 1.165) is 16.8 Å². The van der Waals surface area contributed by atoms with Gasteiger partial charge in [0, 0.05) is 24.5 Å². The third kappa shape index (κ3) is 6.44. The molecule has 0 aliphatic heterocycles. The molecular formula is C19H21N3O2. The van der Waals surface area contributed by atoms with E-state index in [-0.39, 0.29) is 18.4 Å². The maximum absolute atomic E-state index is 11.7. The van der Waals surface area contributed by atoms with Crippen molar-refractivity contribution in [2.24, 2.45) is 0 Å². The van der Waals surface area contributed by atoms with E-state index < -0.39 is 0 Å². The van der Waals surface area contributed by atoms with Gasteiger partial charge >= 0.3 is 0 Å². The van der Waals surface area contributed by atoms with Gasteiger partial charge in [-0.15, -0.1) is 0 Å². The van der Waals surface area contributed by atoms with Gasteiger partial charge in [0.15, 0.2) is 0 Å². The number of nitrogens with zero attached hydrogens (tertiary/aromatic N) is 1. The number of aromatic nitrogens is 1. The molecule has 24 heavy (non-hydrogen) atoms. The number of pyridine rings is 1. The fourth-order valence-electron chi connectivity index (χ4n) is 2.02. The predicted molar refractivity (Wildman–Crippen MR) is 94.2 cm³/mol. The van der Waals surface area contributed by atoms with E-state index in [4.69, 9.17) is 0 Å². The quantitative estimate of drug-likeness (QED) is 0.764. The molecule has 5 heteroatoms. The first-order valence-electron chi connectivity index (χ1n) is 7.82. The van der Waals surface area contributed by atoms with Crippen LogP contribution in [0.15, 0.2) is 54.7 Å². The molecule has 0 fully saturated rings. The summed E-state index contributed by atoms with van der Waals surface area (Å²) in [6.07, 6.45) is 5.64. The molecule has 0 aliphatic carbocycles. The molecule has 2 N–H and O–H groups in total. The van der Waals surface area contributed by atoms with E-state index in [1.54, 1.807) is 12.3 Å². The fraction of sp³-hybridized carbons (Fsp3) is 0.211. The molecule has 2 rings (SSSR count). The van der Waals surface area contributed by atoms with Crippen LogP contribution in [0, 0.1) is 6.92 Å². The molecule has 1 heterocycles. The maximum atomic E-state index is 11.7. The molecule has 0 saturated heterocycles. The lowest BCUT2D eigenvalue weighted by Crippen LogP contribution is -2.37. The highest BCUT2D eigenvalue weighted by atomic mass is 16.2. The third-order valence-corrected chi connectivity index (χ3v) is 3.36. The number of amides is 2. The van der Waals surface area contributed by atoms with Gasteiger partial charge in [0.05, 0.1) is 6.54 Å². The molecule has 0 bridgehead atoms. The Morgan fingerprint density at radius 1 is 1.08 bits per heavy atom. The Labute approximate surface area is 141 Å². The monoisotopic (exact) mass is 323 g/mol. The number of aryl methyl sites for hydroxylation is 1. The molecule has 2 aromatic rings. The SMILES string of the molecule is Cc1ccc(CCNC(=O)CNC(=O)/C=C\c2ccccc2)cn1. The highest BCUT2D eigenvalue weighted by molar-refractivity contribution is 5.94. The predicted octanol–water partition coefficient (Wildman–Crippen LogP) is 1.88. The molecule has 1 aromatic carbocycles. The van der Waals surface area contributed by atoms with E-state index >= 15 is 0 Å². The molecule has 124 valence electrons. The van der Waals surface area contributed by atoms with Crippen molar-refractivity contribution in [3.05, 3.63) is 71.6 Å². The lowest BCUT2D eigenvalue weighted by molar-refractivity contribution is -0.123. The zero-order chi connectivity index (χ0) is 17.2. The van der Waals surface area contributed by atoms with Gasteiger partial charge in [0.1, 0.15) is 0 Å². The minimum absolute atomic E-state index is 0.0376. The summed E-state index contributed by atoms with van der Waals surface area (Å²) < 4.78 is 0. The molecule has 5 nitrogen and oxygen atoms in total. The van der Waals surface area contributed by atoms with Crippen molar-refractivity contribution in [3.63, 3.8) is 0 Å². The minimum Gasteiger partial charge on any atom is -0.354 e. The van der Waals surface area contributed by atoms with Crippen molar-refractivity contribution in [2.45, 2.75) is 13.3 Å². The van der Waals surface area contributed by atoms with Gasteiger partial charge in [0.25, 0.3) is 0 Å². The zero-order valence-corrected chi connectivity index (χ0v) is 13.7. The van der Waals surface area contributed by atoms with Gasteiger partial charge in [-0.2, -0.15) is 0 Å². The van der Waals surface area contributed by atoms with Gasteiger partial charge in [0.2, 0.25) is 11.8 Å².